The molecule has 168 valence electrons. The maximum absolute atomic E-state index is 12.8. The van der Waals surface area contributed by atoms with Gasteiger partial charge in [-0.3, -0.25) is 14.8 Å². The second kappa shape index (κ2) is 10.6. The summed E-state index contributed by atoms with van der Waals surface area (Å²) >= 11 is 5.90. The minimum absolute atomic E-state index is 0.0929. The molecule has 0 amide bonds. The van der Waals surface area contributed by atoms with E-state index in [-0.39, 0.29) is 17.5 Å². The number of hydrogen-bond acceptors (Lipinski definition) is 5. The van der Waals surface area contributed by atoms with Gasteiger partial charge in [-0.2, -0.15) is 0 Å². The minimum Gasteiger partial charge on any atom is -0.297 e. The number of piperazine rings is 1. The fourth-order valence-corrected chi connectivity index (χ4v) is 5.16. The summed E-state index contributed by atoms with van der Waals surface area (Å²) in [6.07, 6.45) is 3.55. The molecule has 0 unspecified atom stereocenters. The van der Waals surface area contributed by atoms with E-state index in [2.05, 4.69) is 43.8 Å². The zero-order valence-electron chi connectivity index (χ0n) is 17.8. The number of nitrogens with one attached hydrogen (secondary N) is 1. The maximum atomic E-state index is 12.8. The Hall–Kier alpha value is -2.29. The Morgan fingerprint density at radius 3 is 2.31 bits per heavy atom. The molecule has 1 N–H and O–H groups in total. The molecule has 1 fully saturated rings. The van der Waals surface area contributed by atoms with Gasteiger partial charge in [0.05, 0.1) is 4.90 Å². The van der Waals surface area contributed by atoms with Gasteiger partial charge >= 0.3 is 0 Å². The third-order valence-corrected chi connectivity index (χ3v) is 7.45. The molecule has 6 nitrogen and oxygen atoms in total. The average molecular weight is 471 g/mol. The Morgan fingerprint density at radius 1 is 0.938 bits per heavy atom. The molecule has 1 aromatic heterocycles. The minimum atomic E-state index is -3.64. The summed E-state index contributed by atoms with van der Waals surface area (Å²) in [5.74, 6) is 0. The highest BCUT2D eigenvalue weighted by Gasteiger charge is 2.27. The lowest BCUT2D eigenvalue weighted by Crippen LogP contribution is -2.49. The zero-order chi connectivity index (χ0) is 22.4. The van der Waals surface area contributed by atoms with Crippen LogP contribution in [0.1, 0.15) is 17.2 Å². The van der Waals surface area contributed by atoms with Crippen molar-refractivity contribution in [2.45, 2.75) is 17.5 Å². The third kappa shape index (κ3) is 5.94. The Morgan fingerprint density at radius 2 is 1.66 bits per heavy atom. The average Bonchev–Trinajstić information content (AvgIpc) is 2.82. The van der Waals surface area contributed by atoms with Crippen molar-refractivity contribution in [3.63, 3.8) is 0 Å². The summed E-state index contributed by atoms with van der Waals surface area (Å²) in [6.45, 7) is 4.76. The van der Waals surface area contributed by atoms with Gasteiger partial charge in [0.15, 0.2) is 0 Å². The number of halogens is 1. The van der Waals surface area contributed by atoms with Crippen molar-refractivity contribution in [3.05, 3.63) is 95.3 Å². The summed E-state index contributed by atoms with van der Waals surface area (Å²) in [4.78, 5) is 9.23. The Labute approximate surface area is 194 Å². The molecule has 0 saturated carbocycles. The van der Waals surface area contributed by atoms with Crippen LogP contribution in [0.15, 0.2) is 84.0 Å². The molecule has 0 spiro atoms. The number of nitrogens with zero attached hydrogens (tertiary/aromatic N) is 3. The molecule has 0 aliphatic carbocycles. The monoisotopic (exact) mass is 470 g/mol. The van der Waals surface area contributed by atoms with Gasteiger partial charge in [-0.05, 0) is 41.5 Å². The van der Waals surface area contributed by atoms with Crippen LogP contribution >= 0.6 is 11.6 Å². The predicted molar refractivity (Wildman–Crippen MR) is 127 cm³/mol. The van der Waals surface area contributed by atoms with Crippen molar-refractivity contribution in [2.75, 3.05) is 32.7 Å². The van der Waals surface area contributed by atoms with Gasteiger partial charge in [0.25, 0.3) is 0 Å². The van der Waals surface area contributed by atoms with Gasteiger partial charge in [-0.1, -0.05) is 48.0 Å². The van der Waals surface area contributed by atoms with Crippen molar-refractivity contribution in [1.29, 1.82) is 0 Å². The molecular formula is C24H27ClN4O2S. The van der Waals surface area contributed by atoms with Gasteiger partial charge in [0, 0.05) is 62.7 Å². The van der Waals surface area contributed by atoms with E-state index in [0.29, 0.717) is 5.02 Å². The lowest BCUT2D eigenvalue weighted by Gasteiger charge is -2.39. The van der Waals surface area contributed by atoms with Gasteiger partial charge in [0.1, 0.15) is 0 Å². The van der Waals surface area contributed by atoms with Gasteiger partial charge in [0.2, 0.25) is 10.0 Å². The van der Waals surface area contributed by atoms with Crippen molar-refractivity contribution in [3.8, 4) is 0 Å². The van der Waals surface area contributed by atoms with Gasteiger partial charge in [-0.15, -0.1) is 0 Å². The van der Waals surface area contributed by atoms with Crippen LogP contribution in [0.2, 0.25) is 5.02 Å². The molecule has 1 aliphatic rings. The summed E-state index contributed by atoms with van der Waals surface area (Å²) in [6, 6.07) is 20.5. The molecule has 8 heteroatoms. The van der Waals surface area contributed by atoms with Gasteiger partial charge in [-0.25, -0.2) is 13.1 Å². The van der Waals surface area contributed by atoms with Crippen LogP contribution in [-0.2, 0) is 16.6 Å². The highest BCUT2D eigenvalue weighted by Crippen LogP contribution is 2.23. The van der Waals surface area contributed by atoms with E-state index in [9.17, 15) is 8.42 Å². The van der Waals surface area contributed by atoms with Crippen LogP contribution in [0, 0.1) is 0 Å². The number of benzene rings is 2. The predicted octanol–water partition coefficient (Wildman–Crippen LogP) is 3.57. The number of aromatic nitrogens is 1. The lowest BCUT2D eigenvalue weighted by molar-refractivity contribution is 0.0927. The molecule has 1 saturated heterocycles. The zero-order valence-corrected chi connectivity index (χ0v) is 19.3. The first-order chi connectivity index (χ1) is 15.5. The first kappa shape index (κ1) is 22.9. The Kier molecular flexibility index (Phi) is 7.55. The van der Waals surface area contributed by atoms with Crippen LogP contribution in [0.4, 0.5) is 0 Å². The number of rotatable bonds is 8. The molecule has 2 heterocycles. The SMILES string of the molecule is O=S(=O)(NC[C@@H](c1cccnc1)N1CCN(Cc2ccccc2)CC1)c1ccc(Cl)cc1. The molecule has 1 atom stereocenters. The molecule has 0 radical (unpaired) electrons. The van der Waals surface area contributed by atoms with E-state index in [1.165, 1.54) is 17.7 Å². The molecule has 32 heavy (non-hydrogen) atoms. The van der Waals surface area contributed by atoms with E-state index in [1.54, 1.807) is 18.3 Å². The standard InChI is InChI=1S/C24H27ClN4O2S/c25-22-8-10-23(11-9-22)32(30,31)27-18-24(21-7-4-12-26-17-21)29-15-13-28(14-16-29)19-20-5-2-1-3-6-20/h1-12,17,24,27H,13-16,18-19H2/t24-/m0/s1. The topological polar surface area (TPSA) is 65.5 Å². The van der Waals surface area contributed by atoms with Crippen molar-refractivity contribution < 1.29 is 8.42 Å². The Bertz CT molecular complexity index is 1090. The van der Waals surface area contributed by atoms with Crippen LogP contribution < -0.4 is 4.72 Å². The maximum Gasteiger partial charge on any atom is 0.240 e. The second-order valence-electron chi connectivity index (χ2n) is 7.91. The summed E-state index contributed by atoms with van der Waals surface area (Å²) in [7, 11) is -3.64. The van der Waals surface area contributed by atoms with Crippen molar-refractivity contribution >= 4 is 21.6 Å². The molecule has 0 bridgehead atoms. The van der Waals surface area contributed by atoms with Crippen LogP contribution in [0.3, 0.4) is 0 Å². The normalized spacial score (nSPS) is 16.7. The highest BCUT2D eigenvalue weighted by molar-refractivity contribution is 7.89. The highest BCUT2D eigenvalue weighted by atomic mass is 35.5. The number of hydrogen-bond donors (Lipinski definition) is 1. The first-order valence-corrected chi connectivity index (χ1v) is 12.5. The fraction of sp³-hybridized carbons (Fsp3) is 0.292. The number of pyridine rings is 1. The second-order valence-corrected chi connectivity index (χ2v) is 10.1. The van der Waals surface area contributed by atoms with E-state index in [1.807, 2.05) is 24.4 Å². The molecule has 1 aliphatic heterocycles. The fourth-order valence-electron chi connectivity index (χ4n) is 3.99. The van der Waals surface area contributed by atoms with Crippen LogP contribution in [-0.4, -0.2) is 55.9 Å². The lowest BCUT2D eigenvalue weighted by atomic mass is 10.1. The van der Waals surface area contributed by atoms with Crippen LogP contribution in [0.5, 0.6) is 0 Å². The Balaban J connectivity index is 1.43. The van der Waals surface area contributed by atoms with E-state index in [4.69, 9.17) is 11.6 Å². The number of sulfonamides is 1. The first-order valence-electron chi connectivity index (χ1n) is 10.7. The van der Waals surface area contributed by atoms with Crippen LogP contribution in [0.25, 0.3) is 0 Å². The third-order valence-electron chi connectivity index (χ3n) is 5.76. The molecular weight excluding hydrogens is 444 g/mol. The van der Waals surface area contributed by atoms with Crippen molar-refractivity contribution in [1.82, 2.24) is 19.5 Å². The van der Waals surface area contributed by atoms with Crippen molar-refractivity contribution in [2.24, 2.45) is 0 Å². The smallest absolute Gasteiger partial charge is 0.240 e. The van der Waals surface area contributed by atoms with E-state index < -0.39 is 10.0 Å². The quantitative estimate of drug-likeness (QED) is 0.545. The molecule has 3 aromatic rings. The summed E-state index contributed by atoms with van der Waals surface area (Å²) in [5.41, 5.74) is 2.31. The summed E-state index contributed by atoms with van der Waals surface area (Å²) in [5, 5.41) is 0.505. The van der Waals surface area contributed by atoms with Gasteiger partial charge < -0.3 is 0 Å². The largest absolute Gasteiger partial charge is 0.297 e. The van der Waals surface area contributed by atoms with E-state index in [0.717, 1.165) is 38.3 Å². The molecule has 2 aromatic carbocycles. The van der Waals surface area contributed by atoms with E-state index >= 15 is 0 Å². The molecule has 4 rings (SSSR count). The summed E-state index contributed by atoms with van der Waals surface area (Å²) < 4.78 is 28.4.